The molecule has 0 radical (unpaired) electrons. The summed E-state index contributed by atoms with van der Waals surface area (Å²) >= 11 is 11.9. The Balaban J connectivity index is 1.66. The maximum Gasteiger partial charge on any atom is 0.147 e. The molecule has 20 heavy (non-hydrogen) atoms. The molecular formula is C14H13Cl2N3O. The number of hydrogen-bond donors (Lipinski definition) is 2. The Hall–Kier alpha value is -1.65. The van der Waals surface area contributed by atoms with Crippen LogP contribution in [0.25, 0.3) is 0 Å². The number of rotatable bonds is 3. The van der Waals surface area contributed by atoms with Crippen molar-refractivity contribution in [3.05, 3.63) is 45.9 Å². The van der Waals surface area contributed by atoms with E-state index >= 15 is 0 Å². The molecule has 0 spiro atoms. The molecule has 1 aromatic carbocycles. The number of nitrogen functional groups attached to an aromatic ring is 1. The molecule has 1 atom stereocenters. The first-order valence-corrected chi connectivity index (χ1v) is 6.99. The van der Waals surface area contributed by atoms with Crippen molar-refractivity contribution in [2.45, 2.75) is 12.5 Å². The molecule has 0 aliphatic carbocycles. The van der Waals surface area contributed by atoms with Gasteiger partial charge in [0, 0.05) is 6.42 Å². The maximum absolute atomic E-state index is 6.07. The molecular weight excluding hydrogens is 297 g/mol. The summed E-state index contributed by atoms with van der Waals surface area (Å²) in [5, 5.41) is 3.95. The molecule has 4 nitrogen and oxygen atoms in total. The van der Waals surface area contributed by atoms with Gasteiger partial charge in [0.05, 0.1) is 16.6 Å². The number of ether oxygens (including phenoxy) is 1. The molecule has 0 fully saturated rings. The molecule has 1 unspecified atom stereocenters. The molecule has 1 aromatic heterocycles. The lowest BCUT2D eigenvalue weighted by Gasteiger charge is -2.13. The van der Waals surface area contributed by atoms with Crippen LogP contribution in [0.4, 0.5) is 11.6 Å². The van der Waals surface area contributed by atoms with E-state index in [4.69, 9.17) is 33.7 Å². The van der Waals surface area contributed by atoms with Crippen LogP contribution in [0.15, 0.2) is 30.3 Å². The third-order valence-electron chi connectivity index (χ3n) is 3.17. The average Bonchev–Trinajstić information content (AvgIpc) is 2.84. The molecule has 6 heteroatoms. The predicted octanol–water partition coefficient (Wildman–Crippen LogP) is 3.39. The SMILES string of the molecule is Nc1nc(NCC2Cc3ccccc3O2)c(Cl)cc1Cl. The molecule has 2 heterocycles. The number of fused-ring (bicyclic) bond motifs is 1. The van der Waals surface area contributed by atoms with Crippen molar-refractivity contribution in [2.24, 2.45) is 0 Å². The van der Waals surface area contributed by atoms with E-state index in [2.05, 4.69) is 16.4 Å². The largest absolute Gasteiger partial charge is 0.488 e. The van der Waals surface area contributed by atoms with Crippen molar-refractivity contribution in [1.82, 2.24) is 4.98 Å². The third kappa shape index (κ3) is 2.62. The molecule has 0 bridgehead atoms. The van der Waals surface area contributed by atoms with Crippen LogP contribution in [-0.2, 0) is 6.42 Å². The normalized spacial score (nSPS) is 16.6. The van der Waals surface area contributed by atoms with Crippen LogP contribution in [0, 0.1) is 0 Å². The maximum atomic E-state index is 6.07. The average molecular weight is 310 g/mol. The molecule has 1 aliphatic rings. The van der Waals surface area contributed by atoms with E-state index in [9.17, 15) is 0 Å². The number of para-hydroxylation sites is 1. The second-order valence-corrected chi connectivity index (χ2v) is 5.43. The van der Waals surface area contributed by atoms with Crippen LogP contribution in [-0.4, -0.2) is 17.6 Å². The van der Waals surface area contributed by atoms with Gasteiger partial charge >= 0.3 is 0 Å². The van der Waals surface area contributed by atoms with Gasteiger partial charge in [0.2, 0.25) is 0 Å². The van der Waals surface area contributed by atoms with Crippen molar-refractivity contribution >= 4 is 34.8 Å². The zero-order valence-corrected chi connectivity index (χ0v) is 12.1. The Labute approximate surface area is 126 Å². The Morgan fingerprint density at radius 3 is 2.90 bits per heavy atom. The number of pyridine rings is 1. The molecule has 3 N–H and O–H groups in total. The summed E-state index contributed by atoms with van der Waals surface area (Å²) in [6, 6.07) is 9.60. The van der Waals surface area contributed by atoms with Crippen molar-refractivity contribution < 1.29 is 4.74 Å². The van der Waals surface area contributed by atoms with Crippen molar-refractivity contribution in [3.8, 4) is 5.75 Å². The van der Waals surface area contributed by atoms with Gasteiger partial charge in [-0.2, -0.15) is 0 Å². The Morgan fingerprint density at radius 2 is 2.10 bits per heavy atom. The number of nitrogens with one attached hydrogen (secondary N) is 1. The standard InChI is InChI=1S/C14H13Cl2N3O/c15-10-6-11(16)14(19-13(10)17)18-7-9-5-8-3-1-2-4-12(8)20-9/h1-4,6,9H,5,7H2,(H3,17,18,19). The summed E-state index contributed by atoms with van der Waals surface area (Å²) in [5.41, 5.74) is 6.89. The van der Waals surface area contributed by atoms with E-state index in [-0.39, 0.29) is 11.9 Å². The smallest absolute Gasteiger partial charge is 0.147 e. The van der Waals surface area contributed by atoms with Crippen LogP contribution in [0.2, 0.25) is 10.0 Å². The summed E-state index contributed by atoms with van der Waals surface area (Å²) in [4.78, 5) is 4.13. The molecule has 104 valence electrons. The van der Waals surface area contributed by atoms with Crippen molar-refractivity contribution in [1.29, 1.82) is 0 Å². The van der Waals surface area contributed by atoms with Gasteiger partial charge in [0.1, 0.15) is 23.5 Å². The van der Waals surface area contributed by atoms with E-state index in [1.54, 1.807) is 6.07 Å². The highest BCUT2D eigenvalue weighted by Crippen LogP contribution is 2.30. The highest BCUT2D eigenvalue weighted by Gasteiger charge is 2.22. The summed E-state index contributed by atoms with van der Waals surface area (Å²) in [6.07, 6.45) is 0.923. The summed E-state index contributed by atoms with van der Waals surface area (Å²) < 4.78 is 5.83. The van der Waals surface area contributed by atoms with Gasteiger partial charge in [0.25, 0.3) is 0 Å². The van der Waals surface area contributed by atoms with Gasteiger partial charge in [-0.25, -0.2) is 4.98 Å². The second kappa shape index (κ2) is 5.38. The predicted molar refractivity (Wildman–Crippen MR) is 81.7 cm³/mol. The second-order valence-electron chi connectivity index (χ2n) is 4.62. The Kier molecular flexibility index (Phi) is 3.59. The van der Waals surface area contributed by atoms with Gasteiger partial charge < -0.3 is 15.8 Å². The van der Waals surface area contributed by atoms with Gasteiger partial charge in [-0.15, -0.1) is 0 Å². The summed E-state index contributed by atoms with van der Waals surface area (Å²) in [7, 11) is 0. The van der Waals surface area contributed by atoms with Gasteiger partial charge in [-0.1, -0.05) is 41.4 Å². The number of nitrogens with zero attached hydrogens (tertiary/aromatic N) is 1. The lowest BCUT2D eigenvalue weighted by molar-refractivity contribution is 0.246. The van der Waals surface area contributed by atoms with Crippen molar-refractivity contribution in [3.63, 3.8) is 0 Å². The fraction of sp³-hybridized carbons (Fsp3) is 0.214. The van der Waals surface area contributed by atoms with E-state index in [1.165, 1.54) is 5.56 Å². The van der Waals surface area contributed by atoms with Crippen LogP contribution in [0.3, 0.4) is 0 Å². The van der Waals surface area contributed by atoms with E-state index in [0.717, 1.165) is 12.2 Å². The van der Waals surface area contributed by atoms with Crippen LogP contribution in [0.5, 0.6) is 5.75 Å². The van der Waals surface area contributed by atoms with Crippen molar-refractivity contribution in [2.75, 3.05) is 17.6 Å². The zero-order valence-electron chi connectivity index (χ0n) is 10.6. The molecule has 0 saturated heterocycles. The molecule has 0 amide bonds. The fourth-order valence-corrected chi connectivity index (χ4v) is 2.61. The summed E-state index contributed by atoms with van der Waals surface area (Å²) in [5.74, 6) is 1.72. The minimum atomic E-state index is 0.0576. The number of nitrogens with two attached hydrogens (primary N) is 1. The topological polar surface area (TPSA) is 60.2 Å². The molecule has 3 rings (SSSR count). The lowest BCUT2D eigenvalue weighted by Crippen LogP contribution is -2.24. The van der Waals surface area contributed by atoms with Gasteiger partial charge in [-0.05, 0) is 17.7 Å². The monoisotopic (exact) mass is 309 g/mol. The summed E-state index contributed by atoms with van der Waals surface area (Å²) in [6.45, 7) is 0.600. The molecule has 1 aliphatic heterocycles. The number of aromatic nitrogens is 1. The minimum absolute atomic E-state index is 0.0576. The van der Waals surface area contributed by atoms with E-state index < -0.39 is 0 Å². The highest BCUT2D eigenvalue weighted by atomic mass is 35.5. The molecule has 0 saturated carbocycles. The van der Waals surface area contributed by atoms with E-state index in [0.29, 0.717) is 22.4 Å². The van der Waals surface area contributed by atoms with Crippen LogP contribution >= 0.6 is 23.2 Å². The Morgan fingerprint density at radius 1 is 1.30 bits per heavy atom. The minimum Gasteiger partial charge on any atom is -0.488 e. The zero-order chi connectivity index (χ0) is 14.1. The fourth-order valence-electron chi connectivity index (χ4n) is 2.18. The number of halogens is 2. The van der Waals surface area contributed by atoms with Crippen LogP contribution < -0.4 is 15.8 Å². The number of benzene rings is 1. The number of anilines is 2. The first kappa shape index (κ1) is 13.3. The lowest BCUT2D eigenvalue weighted by atomic mass is 10.1. The first-order chi connectivity index (χ1) is 9.63. The third-order valence-corrected chi connectivity index (χ3v) is 3.76. The van der Waals surface area contributed by atoms with Gasteiger partial charge in [0.15, 0.2) is 0 Å². The molecule has 2 aromatic rings. The van der Waals surface area contributed by atoms with E-state index in [1.807, 2.05) is 18.2 Å². The quantitative estimate of drug-likeness (QED) is 0.912. The first-order valence-electron chi connectivity index (χ1n) is 6.23. The highest BCUT2D eigenvalue weighted by molar-refractivity contribution is 6.37. The number of hydrogen-bond acceptors (Lipinski definition) is 4. The van der Waals surface area contributed by atoms with Crippen LogP contribution in [0.1, 0.15) is 5.56 Å². The van der Waals surface area contributed by atoms with Gasteiger partial charge in [-0.3, -0.25) is 0 Å². The Bertz CT molecular complexity index is 623.